The number of thiophene rings is 2. The lowest BCUT2D eigenvalue weighted by molar-refractivity contribution is -0.0525. The summed E-state index contributed by atoms with van der Waals surface area (Å²) in [4.78, 5) is 2.58. The molecule has 0 unspecified atom stereocenters. The Hall–Kier alpha value is -1.54. The zero-order valence-corrected chi connectivity index (χ0v) is 14.5. The van der Waals surface area contributed by atoms with Crippen molar-refractivity contribution in [1.82, 2.24) is 10.2 Å². The summed E-state index contributed by atoms with van der Waals surface area (Å²) >= 11 is 3.52. The zero-order chi connectivity index (χ0) is 15.9. The van der Waals surface area contributed by atoms with Crippen LogP contribution in [0.2, 0.25) is 0 Å². The molecular weight excluding hydrogens is 328 g/mol. The van der Waals surface area contributed by atoms with Gasteiger partial charge < -0.3 is 15.8 Å². The van der Waals surface area contributed by atoms with Crippen LogP contribution >= 0.6 is 22.7 Å². The van der Waals surface area contributed by atoms with Crippen LogP contribution in [0.25, 0.3) is 10.2 Å². The lowest BCUT2D eigenvalue weighted by Gasteiger charge is -2.37. The van der Waals surface area contributed by atoms with Gasteiger partial charge in [-0.15, -0.1) is 27.8 Å². The van der Waals surface area contributed by atoms with E-state index in [1.807, 2.05) is 0 Å². The molecule has 0 atom stereocenters. The second-order valence-electron chi connectivity index (χ2n) is 6.05. The van der Waals surface area contributed by atoms with Crippen LogP contribution < -0.4 is 11.1 Å². The SMILES string of the molecule is Cc1c(CC2(N)COC2)sc2c(NCc3cccs3)cnnc12. The van der Waals surface area contributed by atoms with Gasteiger partial charge in [0, 0.05) is 22.7 Å². The first-order valence-electron chi connectivity index (χ1n) is 7.51. The molecule has 23 heavy (non-hydrogen) atoms. The first-order valence-corrected chi connectivity index (χ1v) is 9.21. The van der Waals surface area contributed by atoms with E-state index in [1.54, 1.807) is 28.9 Å². The summed E-state index contributed by atoms with van der Waals surface area (Å²) < 4.78 is 6.43. The van der Waals surface area contributed by atoms with Gasteiger partial charge in [0.25, 0.3) is 0 Å². The maximum Gasteiger partial charge on any atom is 0.109 e. The molecule has 5 nitrogen and oxygen atoms in total. The number of aryl methyl sites for hydroxylation is 1. The Labute approximate surface area is 142 Å². The molecule has 0 spiro atoms. The third-order valence-electron chi connectivity index (χ3n) is 4.13. The summed E-state index contributed by atoms with van der Waals surface area (Å²) in [6.07, 6.45) is 2.64. The van der Waals surface area contributed by atoms with Gasteiger partial charge in [-0.25, -0.2) is 0 Å². The van der Waals surface area contributed by atoms with Crippen LogP contribution in [-0.2, 0) is 17.7 Å². The van der Waals surface area contributed by atoms with Gasteiger partial charge >= 0.3 is 0 Å². The smallest absolute Gasteiger partial charge is 0.109 e. The minimum Gasteiger partial charge on any atom is -0.378 e. The first-order chi connectivity index (χ1) is 11.1. The summed E-state index contributed by atoms with van der Waals surface area (Å²) in [5.41, 5.74) is 9.31. The van der Waals surface area contributed by atoms with Gasteiger partial charge in [0.2, 0.25) is 0 Å². The Kier molecular flexibility index (Phi) is 3.81. The molecule has 1 aliphatic rings. The molecule has 0 aliphatic carbocycles. The Balaban J connectivity index is 1.63. The lowest BCUT2D eigenvalue weighted by atomic mass is 9.92. The number of fused-ring (bicyclic) bond motifs is 1. The van der Waals surface area contributed by atoms with Gasteiger partial charge in [0.1, 0.15) is 5.52 Å². The van der Waals surface area contributed by atoms with Gasteiger partial charge in [-0.1, -0.05) is 6.07 Å². The van der Waals surface area contributed by atoms with Crippen molar-refractivity contribution in [1.29, 1.82) is 0 Å². The predicted octanol–water partition coefficient (Wildman–Crippen LogP) is 2.94. The summed E-state index contributed by atoms with van der Waals surface area (Å²) in [5, 5.41) is 14.1. The predicted molar refractivity (Wildman–Crippen MR) is 95.2 cm³/mol. The highest BCUT2D eigenvalue weighted by atomic mass is 32.1. The number of hydrogen-bond acceptors (Lipinski definition) is 7. The summed E-state index contributed by atoms with van der Waals surface area (Å²) in [6, 6.07) is 4.19. The minimum atomic E-state index is -0.219. The fourth-order valence-electron chi connectivity index (χ4n) is 2.73. The average Bonchev–Trinajstić information content (AvgIpc) is 3.13. The molecule has 0 radical (unpaired) electrons. The van der Waals surface area contributed by atoms with E-state index < -0.39 is 0 Å². The maximum atomic E-state index is 6.32. The van der Waals surface area contributed by atoms with Crippen molar-refractivity contribution in [3.8, 4) is 0 Å². The quantitative estimate of drug-likeness (QED) is 0.743. The van der Waals surface area contributed by atoms with E-state index in [0.29, 0.717) is 13.2 Å². The van der Waals surface area contributed by atoms with Crippen molar-refractivity contribution in [2.45, 2.75) is 25.4 Å². The molecule has 7 heteroatoms. The van der Waals surface area contributed by atoms with Crippen LogP contribution in [0.3, 0.4) is 0 Å². The number of nitrogens with two attached hydrogens (primary N) is 1. The van der Waals surface area contributed by atoms with Crippen molar-refractivity contribution >= 4 is 38.6 Å². The highest BCUT2D eigenvalue weighted by molar-refractivity contribution is 7.19. The maximum absolute atomic E-state index is 6.32. The number of nitrogens with zero attached hydrogens (tertiary/aromatic N) is 2. The Bertz CT molecular complexity index is 824. The van der Waals surface area contributed by atoms with E-state index in [9.17, 15) is 0 Å². The molecule has 1 fully saturated rings. The van der Waals surface area contributed by atoms with Crippen molar-refractivity contribution < 1.29 is 4.74 Å². The van der Waals surface area contributed by atoms with Crippen LogP contribution in [0.4, 0.5) is 5.69 Å². The van der Waals surface area contributed by atoms with Crippen LogP contribution in [0.5, 0.6) is 0 Å². The van der Waals surface area contributed by atoms with Crippen molar-refractivity contribution in [3.05, 3.63) is 39.0 Å². The molecule has 0 aromatic carbocycles. The summed E-state index contributed by atoms with van der Waals surface area (Å²) in [5.74, 6) is 0. The third kappa shape index (κ3) is 2.85. The Morgan fingerprint density at radius 2 is 2.30 bits per heavy atom. The Morgan fingerprint density at radius 1 is 1.43 bits per heavy atom. The highest BCUT2D eigenvalue weighted by Crippen LogP contribution is 2.36. The first kappa shape index (κ1) is 15.0. The molecule has 3 aromatic heterocycles. The second kappa shape index (κ2) is 5.83. The molecule has 4 rings (SSSR count). The van der Waals surface area contributed by atoms with Crippen LogP contribution in [-0.4, -0.2) is 29.0 Å². The topological polar surface area (TPSA) is 73.1 Å². The fraction of sp³-hybridized carbons (Fsp3) is 0.375. The van der Waals surface area contributed by atoms with E-state index in [4.69, 9.17) is 10.5 Å². The number of nitrogens with one attached hydrogen (secondary N) is 1. The van der Waals surface area contributed by atoms with Crippen molar-refractivity contribution in [2.24, 2.45) is 5.73 Å². The second-order valence-corrected chi connectivity index (χ2v) is 8.19. The van der Waals surface area contributed by atoms with Crippen LogP contribution in [0.15, 0.2) is 23.7 Å². The Morgan fingerprint density at radius 3 is 3.00 bits per heavy atom. The lowest BCUT2D eigenvalue weighted by Crippen LogP contribution is -2.58. The molecule has 3 aromatic rings. The average molecular weight is 346 g/mol. The summed E-state index contributed by atoms with van der Waals surface area (Å²) in [7, 11) is 0. The molecule has 0 amide bonds. The fourth-order valence-corrected chi connectivity index (χ4v) is 4.76. The normalized spacial score (nSPS) is 16.4. The van der Waals surface area contributed by atoms with E-state index in [1.165, 1.54) is 15.3 Å². The van der Waals surface area contributed by atoms with E-state index in [2.05, 4.69) is 40.0 Å². The molecule has 3 N–H and O–H groups in total. The van der Waals surface area contributed by atoms with Crippen LogP contribution in [0, 0.1) is 6.92 Å². The molecule has 4 heterocycles. The van der Waals surface area contributed by atoms with Gasteiger partial charge in [-0.3, -0.25) is 0 Å². The minimum absolute atomic E-state index is 0.219. The number of aromatic nitrogens is 2. The van der Waals surface area contributed by atoms with Gasteiger partial charge in [0.15, 0.2) is 0 Å². The van der Waals surface area contributed by atoms with Gasteiger partial charge in [0.05, 0.1) is 35.3 Å². The highest BCUT2D eigenvalue weighted by Gasteiger charge is 2.35. The van der Waals surface area contributed by atoms with Crippen molar-refractivity contribution in [2.75, 3.05) is 18.5 Å². The number of hydrogen-bond donors (Lipinski definition) is 2. The van der Waals surface area contributed by atoms with Crippen LogP contribution in [0.1, 0.15) is 15.3 Å². The van der Waals surface area contributed by atoms with E-state index in [-0.39, 0.29) is 5.54 Å². The largest absolute Gasteiger partial charge is 0.378 e. The van der Waals surface area contributed by atoms with Gasteiger partial charge in [-0.2, -0.15) is 5.10 Å². The molecular formula is C16H18N4OS2. The summed E-state index contributed by atoms with van der Waals surface area (Å²) in [6.45, 7) is 4.18. The molecule has 120 valence electrons. The molecule has 0 saturated carbocycles. The van der Waals surface area contributed by atoms with E-state index in [0.717, 1.165) is 28.9 Å². The van der Waals surface area contributed by atoms with Crippen molar-refractivity contribution in [3.63, 3.8) is 0 Å². The molecule has 0 bridgehead atoms. The number of ether oxygens (including phenoxy) is 1. The number of anilines is 1. The third-order valence-corrected chi connectivity index (χ3v) is 6.32. The standard InChI is InChI=1S/C16H18N4OS2/c1-10-13(5-16(17)8-21-9-16)23-15-12(7-19-20-14(10)15)18-6-11-3-2-4-22-11/h2-4,7H,5-6,8-9,17H2,1H3,(H,18,20). The van der Waals surface area contributed by atoms with E-state index >= 15 is 0 Å². The molecule has 1 saturated heterocycles. The monoisotopic (exact) mass is 346 g/mol. The molecule has 1 aliphatic heterocycles. The number of rotatable bonds is 5. The van der Waals surface area contributed by atoms with Gasteiger partial charge in [-0.05, 0) is 23.9 Å². The zero-order valence-electron chi connectivity index (χ0n) is 12.8.